The number of carboxylic acids is 1. The van der Waals surface area contributed by atoms with Crippen LogP contribution in [0.15, 0.2) is 18.2 Å². The summed E-state index contributed by atoms with van der Waals surface area (Å²) in [7, 11) is 0. The average molecular weight is 252 g/mol. The summed E-state index contributed by atoms with van der Waals surface area (Å²) in [6, 6.07) is 3.92. The van der Waals surface area contributed by atoms with Crippen molar-refractivity contribution in [3.05, 3.63) is 29.6 Å². The molecule has 0 spiro atoms. The van der Waals surface area contributed by atoms with Gasteiger partial charge in [-0.3, -0.25) is 0 Å². The minimum Gasteiger partial charge on any atom is -0.478 e. The van der Waals surface area contributed by atoms with Gasteiger partial charge in [-0.05, 0) is 44.1 Å². The summed E-state index contributed by atoms with van der Waals surface area (Å²) in [5.41, 5.74) is 0.330. The van der Waals surface area contributed by atoms with Gasteiger partial charge in [0.05, 0.1) is 11.3 Å². The second-order valence-corrected chi connectivity index (χ2v) is 4.48. The number of nitrogens with one attached hydrogen (secondary N) is 1. The second kappa shape index (κ2) is 5.82. The predicted octanol–water partition coefficient (Wildman–Crippen LogP) is 2.03. The number of nitrogens with zero attached hydrogens (tertiary/aromatic N) is 1. The van der Waals surface area contributed by atoms with Crippen molar-refractivity contribution >= 4 is 11.7 Å². The van der Waals surface area contributed by atoms with Crippen LogP contribution >= 0.6 is 0 Å². The van der Waals surface area contributed by atoms with Gasteiger partial charge in [-0.15, -0.1) is 0 Å². The molecule has 1 aromatic rings. The van der Waals surface area contributed by atoms with Crippen LogP contribution in [-0.4, -0.2) is 42.2 Å². The number of likely N-dealkylation sites (tertiary alicyclic amines) is 1. The standard InChI is InChI=1S/C13H17FN2O2/c14-11-9-10(13(17)18)3-4-12(11)15-5-8-16-6-1-2-7-16/h3-4,9,15H,1-2,5-8H2,(H,17,18). The lowest BCUT2D eigenvalue weighted by molar-refractivity contribution is 0.0696. The molecule has 4 nitrogen and oxygen atoms in total. The van der Waals surface area contributed by atoms with Crippen LogP contribution < -0.4 is 5.32 Å². The molecule has 0 aliphatic carbocycles. The fourth-order valence-corrected chi connectivity index (χ4v) is 2.15. The Kier molecular flexibility index (Phi) is 4.15. The van der Waals surface area contributed by atoms with E-state index < -0.39 is 11.8 Å². The molecule has 1 aromatic carbocycles. The van der Waals surface area contributed by atoms with E-state index in [1.54, 1.807) is 0 Å². The fourth-order valence-electron chi connectivity index (χ4n) is 2.15. The van der Waals surface area contributed by atoms with Gasteiger partial charge in [-0.25, -0.2) is 9.18 Å². The molecule has 1 aliphatic heterocycles. The zero-order chi connectivity index (χ0) is 13.0. The lowest BCUT2D eigenvalue weighted by Gasteiger charge is -2.15. The summed E-state index contributed by atoms with van der Waals surface area (Å²) in [4.78, 5) is 13.0. The molecular formula is C13H17FN2O2. The lowest BCUT2D eigenvalue weighted by Crippen LogP contribution is -2.26. The molecule has 0 radical (unpaired) electrons. The summed E-state index contributed by atoms with van der Waals surface area (Å²) in [5.74, 6) is -1.63. The third-order valence-electron chi connectivity index (χ3n) is 3.16. The summed E-state index contributed by atoms with van der Waals surface area (Å²) in [5, 5.41) is 11.7. The van der Waals surface area contributed by atoms with Crippen LogP contribution in [0.4, 0.5) is 10.1 Å². The first-order valence-electron chi connectivity index (χ1n) is 6.16. The van der Waals surface area contributed by atoms with Crippen LogP contribution in [0.3, 0.4) is 0 Å². The molecule has 0 unspecified atom stereocenters. The van der Waals surface area contributed by atoms with Crippen LogP contribution in [0, 0.1) is 5.82 Å². The van der Waals surface area contributed by atoms with E-state index >= 15 is 0 Å². The van der Waals surface area contributed by atoms with Crippen molar-refractivity contribution in [3.8, 4) is 0 Å². The quantitative estimate of drug-likeness (QED) is 0.842. The number of halogens is 1. The Morgan fingerprint density at radius 1 is 1.39 bits per heavy atom. The molecule has 1 heterocycles. The Morgan fingerprint density at radius 2 is 2.11 bits per heavy atom. The van der Waals surface area contributed by atoms with Crippen molar-refractivity contribution in [1.29, 1.82) is 0 Å². The van der Waals surface area contributed by atoms with Crippen molar-refractivity contribution in [1.82, 2.24) is 4.90 Å². The van der Waals surface area contributed by atoms with Gasteiger partial charge in [0.15, 0.2) is 0 Å². The van der Waals surface area contributed by atoms with E-state index in [0.717, 1.165) is 25.7 Å². The van der Waals surface area contributed by atoms with E-state index in [0.29, 0.717) is 12.2 Å². The molecular weight excluding hydrogens is 235 g/mol. The predicted molar refractivity (Wildman–Crippen MR) is 67.5 cm³/mol. The second-order valence-electron chi connectivity index (χ2n) is 4.48. The number of carbonyl (C=O) groups is 1. The summed E-state index contributed by atoms with van der Waals surface area (Å²) >= 11 is 0. The number of carboxylic acid groups (broad SMARTS) is 1. The van der Waals surface area contributed by atoms with Crippen LogP contribution in [-0.2, 0) is 0 Å². The summed E-state index contributed by atoms with van der Waals surface area (Å²) in [6.45, 7) is 3.79. The van der Waals surface area contributed by atoms with Crippen molar-refractivity contribution in [3.63, 3.8) is 0 Å². The molecule has 98 valence electrons. The minimum absolute atomic E-state index is 0.0300. The fraction of sp³-hybridized carbons (Fsp3) is 0.462. The third-order valence-corrected chi connectivity index (χ3v) is 3.16. The number of aromatic carboxylic acids is 1. The molecule has 1 saturated heterocycles. The van der Waals surface area contributed by atoms with Gasteiger partial charge >= 0.3 is 5.97 Å². The highest BCUT2D eigenvalue weighted by Gasteiger charge is 2.11. The molecule has 0 atom stereocenters. The van der Waals surface area contributed by atoms with E-state index in [-0.39, 0.29) is 5.56 Å². The maximum absolute atomic E-state index is 13.6. The molecule has 2 rings (SSSR count). The highest BCUT2D eigenvalue weighted by atomic mass is 19.1. The van der Waals surface area contributed by atoms with Gasteiger partial charge in [0.2, 0.25) is 0 Å². The van der Waals surface area contributed by atoms with Crippen molar-refractivity contribution in [2.45, 2.75) is 12.8 Å². The first-order valence-corrected chi connectivity index (χ1v) is 6.16. The Bertz CT molecular complexity index is 431. The Hall–Kier alpha value is -1.62. The largest absolute Gasteiger partial charge is 0.478 e. The van der Waals surface area contributed by atoms with E-state index in [2.05, 4.69) is 10.2 Å². The van der Waals surface area contributed by atoms with Crippen LogP contribution in [0.25, 0.3) is 0 Å². The van der Waals surface area contributed by atoms with Gasteiger partial charge in [0.1, 0.15) is 5.82 Å². The highest BCUT2D eigenvalue weighted by molar-refractivity contribution is 5.88. The van der Waals surface area contributed by atoms with Crippen molar-refractivity contribution < 1.29 is 14.3 Å². The molecule has 5 heteroatoms. The maximum atomic E-state index is 13.6. The topological polar surface area (TPSA) is 52.6 Å². The Labute approximate surface area is 105 Å². The van der Waals surface area contributed by atoms with E-state index in [1.165, 1.54) is 25.0 Å². The van der Waals surface area contributed by atoms with Crippen molar-refractivity contribution in [2.24, 2.45) is 0 Å². The van der Waals surface area contributed by atoms with E-state index in [9.17, 15) is 9.18 Å². The third kappa shape index (κ3) is 3.20. The molecule has 0 aromatic heterocycles. The number of benzene rings is 1. The maximum Gasteiger partial charge on any atom is 0.335 e. The molecule has 1 fully saturated rings. The van der Waals surface area contributed by atoms with Crippen molar-refractivity contribution in [2.75, 3.05) is 31.5 Å². The number of hydrogen-bond donors (Lipinski definition) is 2. The molecule has 0 bridgehead atoms. The highest BCUT2D eigenvalue weighted by Crippen LogP contribution is 2.16. The SMILES string of the molecule is O=C(O)c1ccc(NCCN2CCCC2)c(F)c1. The van der Waals surface area contributed by atoms with Gasteiger partial charge in [-0.2, -0.15) is 0 Å². The monoisotopic (exact) mass is 252 g/mol. The molecule has 0 saturated carbocycles. The Balaban J connectivity index is 1.87. The van der Waals surface area contributed by atoms with Gasteiger partial charge in [-0.1, -0.05) is 0 Å². The van der Waals surface area contributed by atoms with Crippen LogP contribution in [0.1, 0.15) is 23.2 Å². The number of rotatable bonds is 5. The summed E-state index contributed by atoms with van der Waals surface area (Å²) in [6.07, 6.45) is 2.48. The van der Waals surface area contributed by atoms with Crippen LogP contribution in [0.2, 0.25) is 0 Å². The van der Waals surface area contributed by atoms with Crippen LogP contribution in [0.5, 0.6) is 0 Å². The molecule has 18 heavy (non-hydrogen) atoms. The first-order chi connectivity index (χ1) is 8.66. The Morgan fingerprint density at radius 3 is 2.72 bits per heavy atom. The van der Waals surface area contributed by atoms with E-state index in [1.807, 2.05) is 0 Å². The molecule has 0 amide bonds. The zero-order valence-electron chi connectivity index (χ0n) is 10.2. The molecule has 1 aliphatic rings. The summed E-state index contributed by atoms with van der Waals surface area (Å²) < 4.78 is 13.6. The van der Waals surface area contributed by atoms with E-state index in [4.69, 9.17) is 5.11 Å². The number of hydrogen-bond acceptors (Lipinski definition) is 3. The van der Waals surface area contributed by atoms with Gasteiger partial charge in [0, 0.05) is 13.1 Å². The van der Waals surface area contributed by atoms with Gasteiger partial charge in [0.25, 0.3) is 0 Å². The smallest absolute Gasteiger partial charge is 0.335 e. The van der Waals surface area contributed by atoms with Gasteiger partial charge < -0.3 is 15.3 Å². The minimum atomic E-state index is -1.11. The lowest BCUT2D eigenvalue weighted by atomic mass is 10.2. The average Bonchev–Trinajstić information content (AvgIpc) is 2.84. The zero-order valence-corrected chi connectivity index (χ0v) is 10.2. The molecule has 2 N–H and O–H groups in total. The first kappa shape index (κ1) is 12.8. The number of anilines is 1. The normalized spacial score (nSPS) is 15.8.